The fourth-order valence-electron chi connectivity index (χ4n) is 2.46. The molecule has 0 unspecified atom stereocenters. The zero-order valence-electron chi connectivity index (χ0n) is 14.3. The number of nitrogens with zero attached hydrogens (tertiary/aromatic N) is 1. The topological polar surface area (TPSA) is 41.6 Å². The Morgan fingerprint density at radius 1 is 1.17 bits per heavy atom. The molecule has 24 heavy (non-hydrogen) atoms. The molecular weight excluding hydrogens is 368 g/mol. The van der Waals surface area contributed by atoms with Crippen LogP contribution in [-0.2, 0) is 6.54 Å². The smallest absolute Gasteiger partial charge is 0.256 e. The summed E-state index contributed by atoms with van der Waals surface area (Å²) in [5.74, 6) is 0.486. The Kier molecular flexibility index (Phi) is 6.82. The molecule has 1 amide bonds. The van der Waals surface area contributed by atoms with Gasteiger partial charge in [0.2, 0.25) is 0 Å². The van der Waals surface area contributed by atoms with Gasteiger partial charge in [0.25, 0.3) is 5.91 Å². The van der Waals surface area contributed by atoms with E-state index in [1.165, 1.54) is 5.56 Å². The van der Waals surface area contributed by atoms with E-state index in [-0.39, 0.29) is 5.91 Å². The summed E-state index contributed by atoms with van der Waals surface area (Å²) in [6.07, 6.45) is 0. The highest BCUT2D eigenvalue weighted by Crippen LogP contribution is 2.24. The van der Waals surface area contributed by atoms with Gasteiger partial charge in [-0.2, -0.15) is 0 Å². The minimum atomic E-state index is -0.166. The molecule has 128 valence electrons. The maximum atomic E-state index is 12.5. The summed E-state index contributed by atoms with van der Waals surface area (Å²) in [5.41, 5.74) is 2.52. The molecule has 1 N–H and O–H groups in total. The van der Waals surface area contributed by atoms with Crippen molar-refractivity contribution >= 4 is 27.5 Å². The lowest BCUT2D eigenvalue weighted by molar-refractivity contribution is 0.102. The summed E-state index contributed by atoms with van der Waals surface area (Å²) in [6.45, 7) is 7.18. The van der Waals surface area contributed by atoms with Crippen molar-refractivity contribution in [2.75, 3.05) is 25.5 Å². The van der Waals surface area contributed by atoms with E-state index in [0.29, 0.717) is 11.3 Å². The van der Waals surface area contributed by atoms with Crippen molar-refractivity contribution in [3.63, 3.8) is 0 Å². The highest BCUT2D eigenvalue weighted by Gasteiger charge is 2.12. The van der Waals surface area contributed by atoms with Crippen LogP contribution in [0.15, 0.2) is 46.9 Å². The second-order valence-electron chi connectivity index (χ2n) is 5.46. The van der Waals surface area contributed by atoms with E-state index in [0.717, 1.165) is 29.8 Å². The lowest BCUT2D eigenvalue weighted by Crippen LogP contribution is -2.22. The second-order valence-corrected chi connectivity index (χ2v) is 6.32. The Hall–Kier alpha value is -1.85. The Morgan fingerprint density at radius 3 is 2.58 bits per heavy atom. The normalized spacial score (nSPS) is 10.7. The van der Waals surface area contributed by atoms with Crippen LogP contribution in [0.3, 0.4) is 0 Å². The molecule has 0 fully saturated rings. The van der Waals surface area contributed by atoms with Gasteiger partial charge in [0, 0.05) is 16.7 Å². The van der Waals surface area contributed by atoms with Crippen molar-refractivity contribution in [1.82, 2.24) is 4.90 Å². The molecule has 0 atom stereocenters. The summed E-state index contributed by atoms with van der Waals surface area (Å²) >= 11 is 3.42. The van der Waals surface area contributed by atoms with Gasteiger partial charge in [0.15, 0.2) is 0 Å². The molecule has 0 radical (unpaired) electrons. The molecule has 0 saturated carbocycles. The first kappa shape index (κ1) is 18.5. The van der Waals surface area contributed by atoms with E-state index in [1.54, 1.807) is 13.2 Å². The SMILES string of the molecule is CCN(CC)Cc1cccc(NC(=O)c2cc(OC)ccc2Br)c1. The molecule has 0 saturated heterocycles. The highest BCUT2D eigenvalue weighted by atomic mass is 79.9. The lowest BCUT2D eigenvalue weighted by Gasteiger charge is -2.18. The molecule has 2 rings (SSSR count). The fourth-order valence-corrected chi connectivity index (χ4v) is 2.88. The van der Waals surface area contributed by atoms with Gasteiger partial charge in [-0.15, -0.1) is 0 Å². The van der Waals surface area contributed by atoms with Crippen LogP contribution in [0.1, 0.15) is 29.8 Å². The number of nitrogens with one attached hydrogen (secondary N) is 1. The number of carbonyl (C=O) groups excluding carboxylic acids is 1. The minimum Gasteiger partial charge on any atom is -0.497 e. The molecule has 2 aromatic rings. The van der Waals surface area contributed by atoms with E-state index in [4.69, 9.17) is 4.74 Å². The maximum Gasteiger partial charge on any atom is 0.256 e. The molecule has 0 aromatic heterocycles. The largest absolute Gasteiger partial charge is 0.497 e. The van der Waals surface area contributed by atoms with Crippen LogP contribution in [0.2, 0.25) is 0 Å². The summed E-state index contributed by atoms with van der Waals surface area (Å²) < 4.78 is 5.93. The molecule has 0 heterocycles. The van der Waals surface area contributed by atoms with E-state index >= 15 is 0 Å². The Balaban J connectivity index is 2.14. The molecule has 0 aliphatic carbocycles. The zero-order chi connectivity index (χ0) is 17.5. The van der Waals surface area contributed by atoms with Gasteiger partial charge < -0.3 is 10.1 Å². The summed E-state index contributed by atoms with van der Waals surface area (Å²) in [6, 6.07) is 13.3. The van der Waals surface area contributed by atoms with Crippen LogP contribution in [0, 0.1) is 0 Å². The molecule has 0 spiro atoms. The standard InChI is InChI=1S/C19H23BrN2O2/c1-4-22(5-2)13-14-7-6-8-15(11-14)21-19(23)17-12-16(24-3)9-10-18(17)20/h6-12H,4-5,13H2,1-3H3,(H,21,23). The zero-order valence-corrected chi connectivity index (χ0v) is 15.9. The van der Waals surface area contributed by atoms with Crippen molar-refractivity contribution in [3.8, 4) is 5.75 Å². The van der Waals surface area contributed by atoms with Crippen molar-refractivity contribution in [2.45, 2.75) is 20.4 Å². The molecule has 5 heteroatoms. The van der Waals surface area contributed by atoms with Crippen LogP contribution in [-0.4, -0.2) is 31.0 Å². The van der Waals surface area contributed by atoms with Crippen molar-refractivity contribution < 1.29 is 9.53 Å². The van der Waals surface area contributed by atoms with Gasteiger partial charge in [-0.05, 0) is 64.9 Å². The first-order valence-electron chi connectivity index (χ1n) is 8.03. The first-order chi connectivity index (χ1) is 11.6. The van der Waals surface area contributed by atoms with Gasteiger partial charge in [0.1, 0.15) is 5.75 Å². The maximum absolute atomic E-state index is 12.5. The third kappa shape index (κ3) is 4.82. The van der Waals surface area contributed by atoms with Crippen molar-refractivity contribution in [3.05, 3.63) is 58.1 Å². The average molecular weight is 391 g/mol. The Bertz CT molecular complexity index is 700. The van der Waals surface area contributed by atoms with Gasteiger partial charge in [-0.1, -0.05) is 26.0 Å². The third-order valence-corrected chi connectivity index (χ3v) is 4.60. The van der Waals surface area contributed by atoms with Crippen LogP contribution >= 0.6 is 15.9 Å². The van der Waals surface area contributed by atoms with Crippen molar-refractivity contribution in [1.29, 1.82) is 0 Å². The number of carbonyl (C=O) groups is 1. The number of benzene rings is 2. The third-order valence-electron chi connectivity index (χ3n) is 3.90. The second kappa shape index (κ2) is 8.85. The quantitative estimate of drug-likeness (QED) is 0.753. The minimum absolute atomic E-state index is 0.166. The van der Waals surface area contributed by atoms with E-state index in [1.807, 2.05) is 30.3 Å². The van der Waals surface area contributed by atoms with E-state index in [2.05, 4.69) is 46.1 Å². The fraction of sp³-hybridized carbons (Fsp3) is 0.316. The molecular formula is C19H23BrN2O2. The predicted molar refractivity (Wildman–Crippen MR) is 102 cm³/mol. The summed E-state index contributed by atoms with van der Waals surface area (Å²) in [5, 5.41) is 2.96. The number of halogens is 1. The highest BCUT2D eigenvalue weighted by molar-refractivity contribution is 9.10. The van der Waals surface area contributed by atoms with Gasteiger partial charge in [-0.3, -0.25) is 9.69 Å². The van der Waals surface area contributed by atoms with Crippen LogP contribution in [0.5, 0.6) is 5.75 Å². The summed E-state index contributed by atoms with van der Waals surface area (Å²) in [7, 11) is 1.58. The Morgan fingerprint density at radius 2 is 1.92 bits per heavy atom. The number of hydrogen-bond donors (Lipinski definition) is 1. The molecule has 0 aliphatic heterocycles. The Labute approximate surface area is 151 Å². The number of methoxy groups -OCH3 is 1. The van der Waals surface area contributed by atoms with Crippen LogP contribution in [0.4, 0.5) is 5.69 Å². The molecule has 0 aliphatic rings. The summed E-state index contributed by atoms with van der Waals surface area (Å²) in [4.78, 5) is 14.9. The number of hydrogen-bond acceptors (Lipinski definition) is 3. The van der Waals surface area contributed by atoms with Gasteiger partial charge >= 0.3 is 0 Å². The lowest BCUT2D eigenvalue weighted by atomic mass is 10.1. The number of anilines is 1. The van der Waals surface area contributed by atoms with Crippen LogP contribution in [0.25, 0.3) is 0 Å². The van der Waals surface area contributed by atoms with E-state index < -0.39 is 0 Å². The van der Waals surface area contributed by atoms with Crippen LogP contribution < -0.4 is 10.1 Å². The van der Waals surface area contributed by atoms with Gasteiger partial charge in [0.05, 0.1) is 12.7 Å². The molecule has 0 bridgehead atoms. The molecule has 4 nitrogen and oxygen atoms in total. The number of amides is 1. The monoisotopic (exact) mass is 390 g/mol. The van der Waals surface area contributed by atoms with Crippen molar-refractivity contribution in [2.24, 2.45) is 0 Å². The number of rotatable bonds is 7. The number of ether oxygens (including phenoxy) is 1. The molecule has 2 aromatic carbocycles. The predicted octanol–water partition coefficient (Wildman–Crippen LogP) is 4.55. The van der Waals surface area contributed by atoms with Gasteiger partial charge in [-0.25, -0.2) is 0 Å². The average Bonchev–Trinajstić information content (AvgIpc) is 2.60. The van der Waals surface area contributed by atoms with E-state index in [9.17, 15) is 4.79 Å². The first-order valence-corrected chi connectivity index (χ1v) is 8.82.